The van der Waals surface area contributed by atoms with Gasteiger partial charge >= 0.3 is 0 Å². The molecule has 0 amide bonds. The van der Waals surface area contributed by atoms with Gasteiger partial charge in [0.25, 0.3) is 0 Å². The molecule has 0 aliphatic heterocycles. The number of nitrogens with zero attached hydrogens (tertiary/aromatic N) is 2. The van der Waals surface area contributed by atoms with Crippen LogP contribution in [0.5, 0.6) is 0 Å². The number of hydrogen-bond acceptors (Lipinski definition) is 4. The molecule has 3 nitrogen and oxygen atoms in total. The summed E-state index contributed by atoms with van der Waals surface area (Å²) in [6.07, 6.45) is 5.34. The molecule has 0 unspecified atom stereocenters. The Kier molecular flexibility index (Phi) is 9.55. The Bertz CT molecular complexity index is 3640. The number of allylic oxidation sites excluding steroid dienone is 4. The summed E-state index contributed by atoms with van der Waals surface area (Å²) in [5.74, 6) is 0.505. The van der Waals surface area contributed by atoms with Gasteiger partial charge in [-0.2, -0.15) is 0 Å². The predicted molar refractivity (Wildman–Crippen MR) is 278 cm³/mol. The zero-order valence-corrected chi connectivity index (χ0v) is 36.9. The van der Waals surface area contributed by atoms with E-state index >= 15 is 0 Å². The maximum absolute atomic E-state index is 6.28. The molecule has 0 atom stereocenters. The largest absolute Gasteiger partial charge is 0.436 e. The number of thiophene rings is 1. The molecule has 0 fully saturated rings. The third-order valence-corrected chi connectivity index (χ3v) is 14.4. The molecule has 0 radical (unpaired) electrons. The maximum Gasteiger partial charge on any atom is 0.227 e. The van der Waals surface area contributed by atoms with E-state index in [1.165, 1.54) is 70.2 Å². The van der Waals surface area contributed by atoms with Crippen LogP contribution in [-0.2, 0) is 5.41 Å². The van der Waals surface area contributed by atoms with E-state index in [-0.39, 0.29) is 0 Å². The summed E-state index contributed by atoms with van der Waals surface area (Å²) in [6, 6.07) is 77.2. The van der Waals surface area contributed by atoms with Gasteiger partial charge in [-0.05, 0) is 98.1 Å². The second-order valence-electron chi connectivity index (χ2n) is 16.7. The number of anilines is 3. The zero-order valence-electron chi connectivity index (χ0n) is 36.1. The van der Waals surface area contributed by atoms with Gasteiger partial charge in [0.2, 0.25) is 5.89 Å². The number of rotatable bonds is 10. The third kappa shape index (κ3) is 6.22. The van der Waals surface area contributed by atoms with Gasteiger partial charge in [-0.1, -0.05) is 201 Å². The molecule has 1 aliphatic rings. The van der Waals surface area contributed by atoms with E-state index in [0.717, 1.165) is 33.7 Å². The summed E-state index contributed by atoms with van der Waals surface area (Å²) in [6.45, 7) is 7.88. The van der Waals surface area contributed by atoms with Gasteiger partial charge in [0.1, 0.15) is 5.52 Å². The summed E-state index contributed by atoms with van der Waals surface area (Å²) in [5.41, 5.74) is 17.0. The van der Waals surface area contributed by atoms with Crippen LogP contribution in [0.2, 0.25) is 0 Å². The van der Waals surface area contributed by atoms with Gasteiger partial charge in [0.15, 0.2) is 5.58 Å². The molecule has 0 N–H and O–H groups in total. The quantitative estimate of drug-likeness (QED) is 0.128. The van der Waals surface area contributed by atoms with Crippen molar-refractivity contribution in [2.45, 2.75) is 5.41 Å². The minimum atomic E-state index is -0.549. The van der Waals surface area contributed by atoms with Crippen LogP contribution in [0.4, 0.5) is 17.1 Å². The summed E-state index contributed by atoms with van der Waals surface area (Å²) in [7, 11) is 0. The van der Waals surface area contributed by atoms with E-state index in [1.54, 1.807) is 12.2 Å². The molecule has 2 heterocycles. The Balaban J connectivity index is 1.04. The van der Waals surface area contributed by atoms with Crippen LogP contribution in [0.3, 0.4) is 0 Å². The van der Waals surface area contributed by atoms with Crippen molar-refractivity contribution in [1.29, 1.82) is 0 Å². The Morgan fingerprint density at radius 1 is 0.500 bits per heavy atom. The van der Waals surface area contributed by atoms with Crippen molar-refractivity contribution >= 4 is 65.2 Å². The van der Waals surface area contributed by atoms with Crippen molar-refractivity contribution in [3.05, 3.63) is 272 Å². The van der Waals surface area contributed by atoms with Crippen LogP contribution in [0.1, 0.15) is 28.1 Å². The third-order valence-electron chi connectivity index (χ3n) is 13.1. The fourth-order valence-electron chi connectivity index (χ4n) is 10.2. The van der Waals surface area contributed by atoms with Crippen LogP contribution < -0.4 is 4.90 Å². The molecule has 0 spiro atoms. The van der Waals surface area contributed by atoms with Crippen molar-refractivity contribution < 1.29 is 4.42 Å². The summed E-state index contributed by atoms with van der Waals surface area (Å²) in [5, 5.41) is 2.56. The smallest absolute Gasteiger partial charge is 0.227 e. The van der Waals surface area contributed by atoms with E-state index in [4.69, 9.17) is 9.40 Å². The van der Waals surface area contributed by atoms with E-state index < -0.39 is 5.41 Å². The van der Waals surface area contributed by atoms with Crippen LogP contribution in [0, 0.1) is 0 Å². The Hall–Kier alpha value is -8.31. The molecule has 11 aromatic rings. The molecular formula is C62H42N2OS. The molecular weight excluding hydrogens is 821 g/mol. The number of oxazole rings is 1. The molecule has 66 heavy (non-hydrogen) atoms. The van der Waals surface area contributed by atoms with E-state index in [2.05, 4.69) is 224 Å². The first-order chi connectivity index (χ1) is 32.6. The normalized spacial score (nSPS) is 12.9. The number of fused-ring (bicyclic) bond motifs is 7. The van der Waals surface area contributed by atoms with E-state index in [9.17, 15) is 0 Å². The molecule has 9 aromatic carbocycles. The van der Waals surface area contributed by atoms with Gasteiger partial charge < -0.3 is 9.32 Å². The van der Waals surface area contributed by atoms with E-state index in [1.807, 2.05) is 23.5 Å². The fourth-order valence-corrected chi connectivity index (χ4v) is 11.6. The summed E-state index contributed by atoms with van der Waals surface area (Å²) in [4.78, 5) is 7.32. The first-order valence-electron chi connectivity index (χ1n) is 22.3. The average Bonchev–Trinajstić information content (AvgIpc) is 4.07. The van der Waals surface area contributed by atoms with Crippen molar-refractivity contribution in [1.82, 2.24) is 4.98 Å². The lowest BCUT2D eigenvalue weighted by atomic mass is 9.67. The minimum Gasteiger partial charge on any atom is -0.436 e. The summed E-state index contributed by atoms with van der Waals surface area (Å²) < 4.78 is 8.87. The second-order valence-corrected chi connectivity index (χ2v) is 17.7. The van der Waals surface area contributed by atoms with Gasteiger partial charge in [-0.3, -0.25) is 0 Å². The van der Waals surface area contributed by atoms with Crippen molar-refractivity contribution in [2.24, 2.45) is 0 Å². The number of aromatic nitrogens is 1. The Morgan fingerprint density at radius 3 is 1.70 bits per heavy atom. The molecule has 0 bridgehead atoms. The highest BCUT2D eigenvalue weighted by Gasteiger charge is 2.46. The summed E-state index contributed by atoms with van der Waals surface area (Å²) >= 11 is 1.88. The number of benzene rings is 9. The Labute approximate surface area is 388 Å². The average molecular weight is 863 g/mol. The molecule has 1 aliphatic carbocycles. The van der Waals surface area contributed by atoms with Crippen LogP contribution >= 0.6 is 11.3 Å². The van der Waals surface area contributed by atoms with Crippen LogP contribution in [-0.4, -0.2) is 4.98 Å². The van der Waals surface area contributed by atoms with Gasteiger partial charge in [-0.15, -0.1) is 11.3 Å². The monoisotopic (exact) mass is 862 g/mol. The van der Waals surface area contributed by atoms with Gasteiger partial charge in [0.05, 0.1) is 5.41 Å². The van der Waals surface area contributed by atoms with Crippen molar-refractivity contribution in [3.8, 4) is 33.4 Å². The topological polar surface area (TPSA) is 29.3 Å². The first kappa shape index (κ1) is 39.3. The van der Waals surface area contributed by atoms with E-state index in [0.29, 0.717) is 11.5 Å². The fraction of sp³-hybridized carbons (Fsp3) is 0.0161. The van der Waals surface area contributed by atoms with Crippen molar-refractivity contribution in [3.63, 3.8) is 0 Å². The highest BCUT2D eigenvalue weighted by atomic mass is 32.1. The maximum atomic E-state index is 6.28. The van der Waals surface area contributed by atoms with Gasteiger partial charge in [0, 0.05) is 42.8 Å². The molecule has 4 heteroatoms. The SMILES string of the molecule is C=C/C=C(\C=C)c1nc2cc(N(c3ccc(-c4cccc5c4sc4c(-c6ccccc6)cccc45)cc3)c3ccc4c(c3)C(c3ccccc3)(c3ccccc3)c3ccccc3-4)ccc2o1. The van der Waals surface area contributed by atoms with Gasteiger partial charge in [-0.25, -0.2) is 4.98 Å². The first-order valence-corrected chi connectivity index (χ1v) is 23.1. The zero-order chi connectivity index (χ0) is 44.2. The predicted octanol–water partition coefficient (Wildman–Crippen LogP) is 17.1. The highest BCUT2D eigenvalue weighted by Crippen LogP contribution is 2.57. The number of hydrogen-bond donors (Lipinski definition) is 0. The van der Waals surface area contributed by atoms with Crippen LogP contribution in [0.15, 0.2) is 248 Å². The molecule has 312 valence electrons. The Morgan fingerprint density at radius 2 is 1.05 bits per heavy atom. The molecule has 12 rings (SSSR count). The lowest BCUT2D eigenvalue weighted by Gasteiger charge is -2.35. The standard InChI is InChI=1S/C62H42N2OS/c1-3-18-41(4-2)61-63-57-40-48(36-38-58(57)65-61)64(46-33-31-43(32-34-46)50-27-17-29-54-53-28-16-26-49(59(53)66-60(50)54)42-19-8-5-9-20-42)47-35-37-52-51-25-14-15-30-55(51)62(56(52)39-47,44-21-10-6-11-22-44)45-23-12-7-13-24-45/h3-40H,1-2H2/b41-18+. The lowest BCUT2D eigenvalue weighted by molar-refractivity contribution is 0.586. The second kappa shape index (κ2) is 16.0. The molecule has 0 saturated carbocycles. The molecule has 0 saturated heterocycles. The minimum absolute atomic E-state index is 0.505. The lowest BCUT2D eigenvalue weighted by Crippen LogP contribution is -2.28. The van der Waals surface area contributed by atoms with Crippen LogP contribution in [0.25, 0.3) is 70.2 Å². The molecule has 2 aromatic heterocycles. The van der Waals surface area contributed by atoms with Crippen molar-refractivity contribution in [2.75, 3.05) is 4.90 Å². The highest BCUT2D eigenvalue weighted by molar-refractivity contribution is 7.26.